The number of nitrogens with zero attached hydrogens (tertiary/aromatic N) is 2. The van der Waals surface area contributed by atoms with Gasteiger partial charge in [0.05, 0.1) is 16.6 Å². The summed E-state index contributed by atoms with van der Waals surface area (Å²) in [5.74, 6) is 0. The summed E-state index contributed by atoms with van der Waals surface area (Å²) < 4.78 is 2.29. The van der Waals surface area contributed by atoms with E-state index in [1.165, 1.54) is 38.4 Å². The quantitative estimate of drug-likeness (QED) is 0.212. The average Bonchev–Trinajstić information content (AvgIpc) is 3.42. The fourth-order valence-electron chi connectivity index (χ4n) is 6.22. The van der Waals surface area contributed by atoms with Gasteiger partial charge in [-0.05, 0) is 79.2 Å². The largest absolute Gasteiger partial charge is 0.292 e. The summed E-state index contributed by atoms with van der Waals surface area (Å²) in [5.41, 5.74) is 8.97. The number of imidazole rings is 1. The molecule has 0 saturated heterocycles. The number of hydrogen-bond donors (Lipinski definition) is 0. The van der Waals surface area contributed by atoms with Crippen molar-refractivity contribution in [2.75, 3.05) is 0 Å². The first-order valence-electron chi connectivity index (χ1n) is 13.9. The summed E-state index contributed by atoms with van der Waals surface area (Å²) in [5, 5.41) is 7.99. The third-order valence-corrected chi connectivity index (χ3v) is 8.23. The van der Waals surface area contributed by atoms with Gasteiger partial charge in [-0.3, -0.25) is 4.40 Å². The molecule has 2 heteroatoms. The first-order valence-corrected chi connectivity index (χ1v) is 13.9. The maximum Gasteiger partial charge on any atom is 0.147 e. The zero-order valence-corrected chi connectivity index (χ0v) is 22.5. The van der Waals surface area contributed by atoms with E-state index < -0.39 is 0 Å². The van der Waals surface area contributed by atoms with Gasteiger partial charge in [0.1, 0.15) is 5.65 Å². The third-order valence-electron chi connectivity index (χ3n) is 8.23. The standard InChI is InChI=1S/C39H26N2/c1-3-8-32-25(2)13-21-33-34-24-31(20-22-36(34)41-37-12-7-6-11-35(37)40-39(41)38(32)33)28-16-14-27(15-17-28)30-19-18-26-9-4-5-10-29(26)23-30/h3-24H,1-2H2/b32-8+. The van der Waals surface area contributed by atoms with Gasteiger partial charge in [-0.1, -0.05) is 116 Å². The molecular formula is C39H26N2. The summed E-state index contributed by atoms with van der Waals surface area (Å²) in [6, 6.07) is 43.5. The molecule has 0 saturated carbocycles. The molecule has 0 fully saturated rings. The van der Waals surface area contributed by atoms with Gasteiger partial charge in [0.15, 0.2) is 0 Å². The van der Waals surface area contributed by atoms with Crippen LogP contribution in [0.4, 0.5) is 0 Å². The van der Waals surface area contributed by atoms with E-state index in [4.69, 9.17) is 4.98 Å². The van der Waals surface area contributed by atoms with Crippen LogP contribution in [0.5, 0.6) is 0 Å². The molecular weight excluding hydrogens is 496 g/mol. The minimum atomic E-state index is 0.944. The van der Waals surface area contributed by atoms with Crippen LogP contribution in [0, 0.1) is 0 Å². The third kappa shape index (κ3) is 3.62. The predicted octanol–water partition coefficient (Wildman–Crippen LogP) is 8.66. The Morgan fingerprint density at radius 3 is 2.07 bits per heavy atom. The van der Waals surface area contributed by atoms with Crippen LogP contribution in [0.25, 0.3) is 84.0 Å². The monoisotopic (exact) mass is 522 g/mol. The second kappa shape index (κ2) is 9.04. The normalized spacial score (nSPS) is 12.2. The summed E-state index contributed by atoms with van der Waals surface area (Å²) in [7, 11) is 0. The van der Waals surface area contributed by atoms with Crippen LogP contribution in [0.15, 0.2) is 134 Å². The molecule has 8 aromatic rings. The van der Waals surface area contributed by atoms with E-state index in [0.717, 1.165) is 43.4 Å². The van der Waals surface area contributed by atoms with Crippen LogP contribution >= 0.6 is 0 Å². The van der Waals surface area contributed by atoms with Crippen LogP contribution in [0.3, 0.4) is 0 Å². The molecule has 0 aliphatic rings. The number of pyridine rings is 1. The Bertz CT molecular complexity index is 2440. The first kappa shape index (κ1) is 23.4. The molecule has 2 aromatic heterocycles. The molecule has 0 bridgehead atoms. The molecule has 2 heterocycles. The Kier molecular flexibility index (Phi) is 5.16. The maximum atomic E-state index is 5.10. The average molecular weight is 523 g/mol. The van der Waals surface area contributed by atoms with Crippen LogP contribution in [-0.4, -0.2) is 9.38 Å². The number of aromatic nitrogens is 2. The molecule has 41 heavy (non-hydrogen) atoms. The van der Waals surface area contributed by atoms with E-state index in [2.05, 4.69) is 133 Å². The highest BCUT2D eigenvalue weighted by molar-refractivity contribution is 6.15. The van der Waals surface area contributed by atoms with Gasteiger partial charge in [0.25, 0.3) is 0 Å². The van der Waals surface area contributed by atoms with Crippen LogP contribution in [0.1, 0.15) is 0 Å². The van der Waals surface area contributed by atoms with Gasteiger partial charge in [-0.25, -0.2) is 4.98 Å². The number of para-hydroxylation sites is 2. The summed E-state index contributed by atoms with van der Waals surface area (Å²) >= 11 is 0. The second-order valence-electron chi connectivity index (χ2n) is 10.6. The molecule has 2 nitrogen and oxygen atoms in total. The lowest BCUT2D eigenvalue weighted by molar-refractivity contribution is 1.31. The minimum Gasteiger partial charge on any atom is -0.292 e. The van der Waals surface area contributed by atoms with Crippen molar-refractivity contribution in [3.8, 4) is 22.3 Å². The van der Waals surface area contributed by atoms with Crippen LogP contribution < -0.4 is 10.4 Å². The summed E-state index contributed by atoms with van der Waals surface area (Å²) in [6.07, 6.45) is 3.88. The smallest absolute Gasteiger partial charge is 0.147 e. The topological polar surface area (TPSA) is 17.3 Å². The maximum absolute atomic E-state index is 5.10. The zero-order valence-electron chi connectivity index (χ0n) is 22.5. The molecule has 0 aliphatic carbocycles. The van der Waals surface area contributed by atoms with Crippen molar-refractivity contribution in [1.82, 2.24) is 9.38 Å². The van der Waals surface area contributed by atoms with Crippen molar-refractivity contribution in [3.05, 3.63) is 144 Å². The van der Waals surface area contributed by atoms with Gasteiger partial charge in [0.2, 0.25) is 0 Å². The van der Waals surface area contributed by atoms with Crippen LogP contribution in [0.2, 0.25) is 0 Å². The minimum absolute atomic E-state index is 0.944. The van der Waals surface area contributed by atoms with E-state index in [9.17, 15) is 0 Å². The highest BCUT2D eigenvalue weighted by Crippen LogP contribution is 2.34. The van der Waals surface area contributed by atoms with Gasteiger partial charge in [-0.15, -0.1) is 0 Å². The predicted molar refractivity (Wildman–Crippen MR) is 176 cm³/mol. The van der Waals surface area contributed by atoms with E-state index in [1.54, 1.807) is 0 Å². The van der Waals surface area contributed by atoms with Gasteiger partial charge in [-0.2, -0.15) is 0 Å². The number of fused-ring (bicyclic) bond motifs is 9. The summed E-state index contributed by atoms with van der Waals surface area (Å²) in [6.45, 7) is 8.31. The Labute approximate surface area is 237 Å². The Morgan fingerprint density at radius 2 is 1.27 bits per heavy atom. The van der Waals surface area contributed by atoms with Crippen molar-refractivity contribution in [2.45, 2.75) is 0 Å². The van der Waals surface area contributed by atoms with Crippen molar-refractivity contribution >= 4 is 61.8 Å². The lowest BCUT2D eigenvalue weighted by Crippen LogP contribution is -2.24. The molecule has 0 amide bonds. The summed E-state index contributed by atoms with van der Waals surface area (Å²) in [4.78, 5) is 5.10. The molecule has 6 aromatic carbocycles. The lowest BCUT2D eigenvalue weighted by Gasteiger charge is -2.12. The molecule has 0 aliphatic heterocycles. The first-order chi connectivity index (χ1) is 20.2. The fraction of sp³-hybridized carbons (Fsp3) is 0. The van der Waals surface area contributed by atoms with E-state index >= 15 is 0 Å². The molecule has 0 N–H and O–H groups in total. The highest BCUT2D eigenvalue weighted by Gasteiger charge is 2.15. The van der Waals surface area contributed by atoms with Gasteiger partial charge < -0.3 is 0 Å². The lowest BCUT2D eigenvalue weighted by atomic mass is 9.96. The molecule has 0 spiro atoms. The number of allylic oxidation sites excluding steroid dienone is 1. The molecule has 192 valence electrons. The van der Waals surface area contributed by atoms with E-state index in [-0.39, 0.29) is 0 Å². The van der Waals surface area contributed by atoms with E-state index in [1.807, 2.05) is 18.2 Å². The van der Waals surface area contributed by atoms with Crippen LogP contribution in [-0.2, 0) is 0 Å². The Hall–Kier alpha value is -5.47. The second-order valence-corrected chi connectivity index (χ2v) is 10.6. The highest BCUT2D eigenvalue weighted by atomic mass is 15.0. The zero-order chi connectivity index (χ0) is 27.5. The van der Waals surface area contributed by atoms with Crippen molar-refractivity contribution in [1.29, 1.82) is 0 Å². The van der Waals surface area contributed by atoms with Crippen molar-refractivity contribution in [3.63, 3.8) is 0 Å². The Balaban J connectivity index is 1.36. The van der Waals surface area contributed by atoms with E-state index in [0.29, 0.717) is 0 Å². The molecule has 0 atom stereocenters. The van der Waals surface area contributed by atoms with Gasteiger partial charge >= 0.3 is 0 Å². The van der Waals surface area contributed by atoms with Gasteiger partial charge in [0, 0.05) is 10.8 Å². The SMILES string of the molecule is C=C/C=c1\c(=C)ccc2c3cc(-c4ccc(-c5ccc6ccccc6c5)cc4)ccc3n3c4ccccc4nc3c12. The van der Waals surface area contributed by atoms with Crippen molar-refractivity contribution < 1.29 is 0 Å². The number of benzene rings is 6. The number of hydrogen-bond acceptors (Lipinski definition) is 1. The Morgan fingerprint density at radius 1 is 0.585 bits per heavy atom. The van der Waals surface area contributed by atoms with Crippen molar-refractivity contribution in [2.24, 2.45) is 0 Å². The number of rotatable bonds is 3. The molecule has 0 radical (unpaired) electrons. The molecule has 8 rings (SSSR count). The molecule has 0 unspecified atom stereocenters. The fourth-order valence-corrected chi connectivity index (χ4v) is 6.22.